The van der Waals surface area contributed by atoms with Gasteiger partial charge in [-0.3, -0.25) is 0 Å². The maximum Gasteiger partial charge on any atom is 0.0770 e. The first-order valence-corrected chi connectivity index (χ1v) is 17.4. The van der Waals surface area contributed by atoms with E-state index in [-0.39, 0.29) is 0 Å². The van der Waals surface area contributed by atoms with Crippen molar-refractivity contribution in [2.24, 2.45) is 0 Å². The molecular formula is C14H30Si3. The summed E-state index contributed by atoms with van der Waals surface area (Å²) in [5, 5.41) is 3.68. The first-order valence-electron chi connectivity index (χ1n) is 6.78. The maximum absolute atomic E-state index is 2.55. The SMILES string of the molecule is C[Si](C)(C)C1=C([Si](C)(C)C)C([Si](C)(C)C)C=C1. The van der Waals surface area contributed by atoms with E-state index in [1.807, 2.05) is 5.20 Å². The fraction of sp³-hybridized carbons (Fsp3) is 0.714. The van der Waals surface area contributed by atoms with Crippen molar-refractivity contribution in [2.45, 2.75) is 64.5 Å². The monoisotopic (exact) mass is 282 g/mol. The Labute approximate surface area is 111 Å². The van der Waals surface area contributed by atoms with E-state index in [0.29, 0.717) is 0 Å². The van der Waals surface area contributed by atoms with E-state index in [1.165, 1.54) is 0 Å². The molecule has 0 aromatic heterocycles. The molecule has 1 atom stereocenters. The van der Waals surface area contributed by atoms with Gasteiger partial charge in [0.1, 0.15) is 0 Å². The fourth-order valence-electron chi connectivity index (χ4n) is 2.79. The fourth-order valence-corrected chi connectivity index (χ4v) is 13.0. The van der Waals surface area contributed by atoms with Gasteiger partial charge in [-0.1, -0.05) is 81.5 Å². The van der Waals surface area contributed by atoms with Crippen LogP contribution in [0.15, 0.2) is 22.5 Å². The summed E-state index contributed by atoms with van der Waals surface area (Å²) in [6.07, 6.45) is 5.05. The summed E-state index contributed by atoms with van der Waals surface area (Å²) in [5.41, 5.74) is 0.816. The molecule has 0 fully saturated rings. The van der Waals surface area contributed by atoms with Gasteiger partial charge in [-0.2, -0.15) is 0 Å². The molecule has 0 heterocycles. The minimum atomic E-state index is -1.18. The van der Waals surface area contributed by atoms with Crippen molar-refractivity contribution in [2.75, 3.05) is 0 Å². The highest BCUT2D eigenvalue weighted by molar-refractivity contribution is 6.93. The molecule has 17 heavy (non-hydrogen) atoms. The van der Waals surface area contributed by atoms with Crippen LogP contribution in [0.4, 0.5) is 0 Å². The molecule has 1 unspecified atom stereocenters. The van der Waals surface area contributed by atoms with Gasteiger partial charge in [0, 0.05) is 0 Å². The van der Waals surface area contributed by atoms with E-state index >= 15 is 0 Å². The lowest BCUT2D eigenvalue weighted by Crippen LogP contribution is -2.39. The van der Waals surface area contributed by atoms with Crippen molar-refractivity contribution in [3.63, 3.8) is 0 Å². The Morgan fingerprint density at radius 1 is 0.765 bits per heavy atom. The average Bonchev–Trinajstić information content (AvgIpc) is 2.42. The molecule has 0 nitrogen and oxygen atoms in total. The summed E-state index contributed by atoms with van der Waals surface area (Å²) in [7, 11) is -3.46. The zero-order valence-corrected chi connectivity index (χ0v) is 16.2. The summed E-state index contributed by atoms with van der Waals surface area (Å²) in [4.78, 5) is 0. The quantitative estimate of drug-likeness (QED) is 0.615. The Balaban J connectivity index is 3.36. The van der Waals surface area contributed by atoms with Crippen LogP contribution in [0.2, 0.25) is 64.5 Å². The van der Waals surface area contributed by atoms with Crippen LogP contribution in [-0.2, 0) is 0 Å². The lowest BCUT2D eigenvalue weighted by atomic mass is 10.4. The molecule has 0 N–H and O–H groups in total. The molecule has 0 aromatic carbocycles. The van der Waals surface area contributed by atoms with Gasteiger partial charge in [-0.15, -0.1) is 0 Å². The molecule has 3 heteroatoms. The summed E-state index contributed by atoms with van der Waals surface area (Å²) in [5.74, 6) is 0. The molecule has 1 rings (SSSR count). The van der Waals surface area contributed by atoms with Gasteiger partial charge < -0.3 is 0 Å². The van der Waals surface area contributed by atoms with Crippen LogP contribution in [0.1, 0.15) is 0 Å². The van der Waals surface area contributed by atoms with Crippen molar-refractivity contribution in [3.8, 4) is 0 Å². The molecule has 98 valence electrons. The van der Waals surface area contributed by atoms with Crippen molar-refractivity contribution in [3.05, 3.63) is 22.5 Å². The molecule has 0 amide bonds. The molecular weight excluding hydrogens is 252 g/mol. The van der Waals surface area contributed by atoms with Crippen molar-refractivity contribution in [1.82, 2.24) is 0 Å². The van der Waals surface area contributed by atoms with Crippen molar-refractivity contribution >= 4 is 24.2 Å². The third-order valence-electron chi connectivity index (χ3n) is 3.61. The van der Waals surface area contributed by atoms with Gasteiger partial charge >= 0.3 is 0 Å². The zero-order chi connectivity index (χ0) is 13.6. The van der Waals surface area contributed by atoms with Crippen LogP contribution in [0.5, 0.6) is 0 Å². The minimum absolute atomic E-state index is 0.816. The summed E-state index contributed by atoms with van der Waals surface area (Å²) in [6.45, 7) is 22.7. The largest absolute Gasteiger partial charge is 0.0806 e. The Morgan fingerprint density at radius 3 is 1.53 bits per heavy atom. The summed E-state index contributed by atoms with van der Waals surface area (Å²) < 4.78 is 0. The molecule has 0 saturated heterocycles. The zero-order valence-electron chi connectivity index (χ0n) is 13.2. The summed E-state index contributed by atoms with van der Waals surface area (Å²) >= 11 is 0. The number of hydrogen-bond donors (Lipinski definition) is 0. The Hall–Kier alpha value is 0.131. The van der Waals surface area contributed by atoms with E-state index in [9.17, 15) is 0 Å². The van der Waals surface area contributed by atoms with Crippen LogP contribution in [0.3, 0.4) is 0 Å². The lowest BCUT2D eigenvalue weighted by molar-refractivity contribution is 1.23. The highest BCUT2D eigenvalue weighted by Crippen LogP contribution is 2.45. The predicted octanol–water partition coefficient (Wildman–Crippen LogP) is 5.32. The van der Waals surface area contributed by atoms with Gasteiger partial charge in [0.2, 0.25) is 0 Å². The third kappa shape index (κ3) is 3.32. The van der Waals surface area contributed by atoms with E-state index in [2.05, 4.69) is 71.1 Å². The van der Waals surface area contributed by atoms with Crippen molar-refractivity contribution < 1.29 is 0 Å². The van der Waals surface area contributed by atoms with E-state index in [4.69, 9.17) is 0 Å². The molecule has 0 bridgehead atoms. The number of rotatable bonds is 3. The van der Waals surface area contributed by atoms with Crippen LogP contribution >= 0.6 is 0 Å². The van der Waals surface area contributed by atoms with Gasteiger partial charge in [-0.05, 0) is 5.54 Å². The van der Waals surface area contributed by atoms with Crippen molar-refractivity contribution in [1.29, 1.82) is 0 Å². The van der Waals surface area contributed by atoms with Gasteiger partial charge in [-0.25, -0.2) is 0 Å². The molecule has 1 aliphatic rings. The first kappa shape index (κ1) is 15.2. The number of hydrogen-bond acceptors (Lipinski definition) is 0. The Kier molecular flexibility index (Phi) is 3.89. The second-order valence-corrected chi connectivity index (χ2v) is 24.0. The third-order valence-corrected chi connectivity index (χ3v) is 10.7. The van der Waals surface area contributed by atoms with Gasteiger partial charge in [0.25, 0.3) is 0 Å². The Bertz CT molecular complexity index is 356. The molecule has 0 spiro atoms. The highest BCUT2D eigenvalue weighted by atomic mass is 28.3. The molecule has 0 saturated carbocycles. The number of allylic oxidation sites excluding steroid dienone is 4. The highest BCUT2D eigenvalue weighted by Gasteiger charge is 2.40. The van der Waals surface area contributed by atoms with E-state index < -0.39 is 24.2 Å². The second kappa shape index (κ2) is 4.35. The van der Waals surface area contributed by atoms with Crippen LogP contribution < -0.4 is 0 Å². The lowest BCUT2D eigenvalue weighted by Gasteiger charge is -2.36. The average molecular weight is 283 g/mol. The Morgan fingerprint density at radius 2 is 1.24 bits per heavy atom. The first-order chi connectivity index (χ1) is 7.35. The normalized spacial score (nSPS) is 22.5. The summed E-state index contributed by atoms with van der Waals surface area (Å²) in [6, 6.07) is 0. The predicted molar refractivity (Wildman–Crippen MR) is 90.0 cm³/mol. The van der Waals surface area contributed by atoms with Gasteiger partial charge in [0.15, 0.2) is 0 Å². The van der Waals surface area contributed by atoms with E-state index in [0.717, 1.165) is 5.54 Å². The van der Waals surface area contributed by atoms with E-state index in [1.54, 1.807) is 5.20 Å². The van der Waals surface area contributed by atoms with Crippen LogP contribution in [0.25, 0.3) is 0 Å². The molecule has 1 aliphatic carbocycles. The smallest absolute Gasteiger partial charge is 0.0770 e. The van der Waals surface area contributed by atoms with Gasteiger partial charge in [0.05, 0.1) is 24.2 Å². The molecule has 0 aromatic rings. The molecule has 0 aliphatic heterocycles. The minimum Gasteiger partial charge on any atom is -0.0806 e. The van der Waals surface area contributed by atoms with Crippen LogP contribution in [0, 0.1) is 0 Å². The molecule has 0 radical (unpaired) electrons. The van der Waals surface area contributed by atoms with Crippen LogP contribution in [-0.4, -0.2) is 24.2 Å². The maximum atomic E-state index is 2.55. The second-order valence-electron chi connectivity index (χ2n) is 8.53. The topological polar surface area (TPSA) is 0 Å². The standard InChI is InChI=1S/C14H30Si3/c1-15(2,3)12-10-11-13(16(4,5)6)14(12)17(7,8)9/h10-12H,1-9H3.